The number of hydrogen-bond donors (Lipinski definition) is 0. The Balaban J connectivity index is 1.77. The molecule has 0 aliphatic heterocycles. The molecule has 148 valence electrons. The van der Waals surface area contributed by atoms with E-state index in [2.05, 4.69) is 29.2 Å². The number of methoxy groups -OCH3 is 1. The predicted molar refractivity (Wildman–Crippen MR) is 106 cm³/mol. The Morgan fingerprint density at radius 1 is 1.11 bits per heavy atom. The largest absolute Gasteiger partial charge is 0.495 e. The van der Waals surface area contributed by atoms with Gasteiger partial charge in [0.25, 0.3) is 0 Å². The van der Waals surface area contributed by atoms with E-state index in [1.165, 1.54) is 12.7 Å². The molecule has 0 N–H and O–H groups in total. The van der Waals surface area contributed by atoms with Crippen molar-refractivity contribution >= 4 is 9.84 Å². The van der Waals surface area contributed by atoms with Crippen molar-refractivity contribution in [1.29, 1.82) is 0 Å². The fourth-order valence-electron chi connectivity index (χ4n) is 3.12. The van der Waals surface area contributed by atoms with Crippen LogP contribution in [0.25, 0.3) is 0 Å². The monoisotopic (exact) mass is 400 g/mol. The zero-order valence-electron chi connectivity index (χ0n) is 16.3. The van der Waals surface area contributed by atoms with Crippen molar-refractivity contribution < 1.29 is 17.7 Å². The molecule has 0 aliphatic rings. The summed E-state index contributed by atoms with van der Waals surface area (Å²) in [6.07, 6.45) is 3.34. The Bertz CT molecular complexity index is 1030. The molecule has 0 spiro atoms. The van der Waals surface area contributed by atoms with E-state index >= 15 is 0 Å². The third kappa shape index (κ3) is 4.78. The first kappa shape index (κ1) is 20.1. The van der Waals surface area contributed by atoms with Crippen molar-refractivity contribution in [2.45, 2.75) is 37.0 Å². The van der Waals surface area contributed by atoms with Gasteiger partial charge in [-0.15, -0.1) is 0 Å². The van der Waals surface area contributed by atoms with Gasteiger partial charge in [-0.25, -0.2) is 8.42 Å². The molecule has 1 aromatic heterocycles. The highest BCUT2D eigenvalue weighted by Gasteiger charge is 2.19. The van der Waals surface area contributed by atoms with Gasteiger partial charge in [-0.05, 0) is 36.1 Å². The molecule has 0 fully saturated rings. The molecule has 1 unspecified atom stereocenters. The van der Waals surface area contributed by atoms with E-state index in [4.69, 9.17) is 9.26 Å². The number of rotatable bonds is 8. The van der Waals surface area contributed by atoms with E-state index in [0.717, 1.165) is 24.7 Å². The molecule has 1 heterocycles. The summed E-state index contributed by atoms with van der Waals surface area (Å²) in [6.45, 7) is 2.10. The summed E-state index contributed by atoms with van der Waals surface area (Å²) in [5.41, 5.74) is 2.09. The average molecular weight is 401 g/mol. The van der Waals surface area contributed by atoms with Gasteiger partial charge in [0.1, 0.15) is 10.6 Å². The van der Waals surface area contributed by atoms with Gasteiger partial charge in [0.15, 0.2) is 15.7 Å². The summed E-state index contributed by atoms with van der Waals surface area (Å²) in [5.74, 6) is 1.67. The van der Waals surface area contributed by atoms with E-state index < -0.39 is 9.84 Å². The van der Waals surface area contributed by atoms with Gasteiger partial charge in [0.2, 0.25) is 5.89 Å². The molecule has 6 nitrogen and oxygen atoms in total. The second kappa shape index (κ2) is 8.56. The Morgan fingerprint density at radius 2 is 1.86 bits per heavy atom. The summed E-state index contributed by atoms with van der Waals surface area (Å²) in [5, 5.41) is 4.10. The van der Waals surface area contributed by atoms with Crippen LogP contribution in [0.1, 0.15) is 42.1 Å². The molecule has 0 saturated heterocycles. The van der Waals surface area contributed by atoms with Crippen LogP contribution in [-0.2, 0) is 22.7 Å². The lowest BCUT2D eigenvalue weighted by Crippen LogP contribution is -2.03. The minimum Gasteiger partial charge on any atom is -0.495 e. The lowest BCUT2D eigenvalue weighted by Gasteiger charge is -2.09. The van der Waals surface area contributed by atoms with E-state index in [1.54, 1.807) is 18.2 Å². The molecule has 0 amide bonds. The highest BCUT2D eigenvalue weighted by molar-refractivity contribution is 7.90. The van der Waals surface area contributed by atoms with Gasteiger partial charge in [0, 0.05) is 18.6 Å². The maximum atomic E-state index is 11.8. The standard InChI is InChI=1S/C21H24N2O4S/c1-4-17(12-15-8-6-5-7-9-15)21-22-20(23-27-21)14-16-10-11-19(28(3,24)25)18(13-16)26-2/h5-11,13,17H,4,12,14H2,1-3H3. The van der Waals surface area contributed by atoms with Crippen LogP contribution in [0.4, 0.5) is 0 Å². The van der Waals surface area contributed by atoms with Crippen molar-refractivity contribution in [1.82, 2.24) is 10.1 Å². The Morgan fingerprint density at radius 3 is 2.50 bits per heavy atom. The van der Waals surface area contributed by atoms with Crippen LogP contribution in [0.2, 0.25) is 0 Å². The number of aromatic nitrogens is 2. The summed E-state index contributed by atoms with van der Waals surface area (Å²) in [4.78, 5) is 4.73. The van der Waals surface area contributed by atoms with Gasteiger partial charge in [-0.1, -0.05) is 48.5 Å². The van der Waals surface area contributed by atoms with Gasteiger partial charge < -0.3 is 9.26 Å². The minimum atomic E-state index is -3.35. The maximum absolute atomic E-state index is 11.8. The van der Waals surface area contributed by atoms with Crippen LogP contribution in [-0.4, -0.2) is 31.9 Å². The second-order valence-electron chi connectivity index (χ2n) is 6.78. The van der Waals surface area contributed by atoms with Crippen LogP contribution < -0.4 is 4.74 Å². The van der Waals surface area contributed by atoms with Gasteiger partial charge in [0.05, 0.1) is 7.11 Å². The number of benzene rings is 2. The van der Waals surface area contributed by atoms with Gasteiger partial charge >= 0.3 is 0 Å². The van der Waals surface area contributed by atoms with Crippen LogP contribution in [0.3, 0.4) is 0 Å². The van der Waals surface area contributed by atoms with Crippen molar-refractivity contribution in [3.63, 3.8) is 0 Å². The number of sulfone groups is 1. The first-order chi connectivity index (χ1) is 13.4. The molecule has 7 heteroatoms. The summed E-state index contributed by atoms with van der Waals surface area (Å²) < 4.78 is 34.4. The maximum Gasteiger partial charge on any atom is 0.230 e. The quantitative estimate of drug-likeness (QED) is 0.572. The first-order valence-corrected chi connectivity index (χ1v) is 11.0. The van der Waals surface area contributed by atoms with E-state index in [-0.39, 0.29) is 10.8 Å². The molecule has 0 bridgehead atoms. The minimum absolute atomic E-state index is 0.158. The Hall–Kier alpha value is -2.67. The van der Waals surface area contributed by atoms with E-state index in [0.29, 0.717) is 23.9 Å². The van der Waals surface area contributed by atoms with Crippen LogP contribution >= 0.6 is 0 Å². The molecule has 28 heavy (non-hydrogen) atoms. The fourth-order valence-corrected chi connectivity index (χ4v) is 3.94. The molecule has 0 aliphatic carbocycles. The van der Waals surface area contributed by atoms with Gasteiger partial charge in [-0.3, -0.25) is 0 Å². The Labute approximate surface area is 165 Å². The molecule has 1 atom stereocenters. The number of ether oxygens (including phenoxy) is 1. The van der Waals surface area contributed by atoms with Gasteiger partial charge in [-0.2, -0.15) is 4.98 Å². The highest BCUT2D eigenvalue weighted by Crippen LogP contribution is 2.27. The van der Waals surface area contributed by atoms with E-state index in [1.807, 2.05) is 18.2 Å². The van der Waals surface area contributed by atoms with Crippen molar-refractivity contribution in [2.75, 3.05) is 13.4 Å². The first-order valence-electron chi connectivity index (χ1n) is 9.14. The van der Waals surface area contributed by atoms with Crippen LogP contribution in [0.5, 0.6) is 5.75 Å². The van der Waals surface area contributed by atoms with Crippen LogP contribution in [0, 0.1) is 0 Å². The van der Waals surface area contributed by atoms with Crippen molar-refractivity contribution in [2.24, 2.45) is 0 Å². The Kier molecular flexibility index (Phi) is 6.14. The molecule has 3 aromatic rings. The topological polar surface area (TPSA) is 82.3 Å². The van der Waals surface area contributed by atoms with Crippen molar-refractivity contribution in [3.05, 3.63) is 71.4 Å². The molecule has 2 aromatic carbocycles. The smallest absolute Gasteiger partial charge is 0.230 e. The molecule has 0 radical (unpaired) electrons. The average Bonchev–Trinajstić information content (AvgIpc) is 3.14. The summed E-state index contributed by atoms with van der Waals surface area (Å²) >= 11 is 0. The zero-order valence-corrected chi connectivity index (χ0v) is 17.1. The molecular weight excluding hydrogens is 376 g/mol. The SMILES string of the molecule is CCC(Cc1ccccc1)c1nc(Cc2ccc(S(C)(=O)=O)c(OC)c2)no1. The second-order valence-corrected chi connectivity index (χ2v) is 8.76. The predicted octanol–water partition coefficient (Wildman–Crippen LogP) is 3.81. The lowest BCUT2D eigenvalue weighted by molar-refractivity contribution is 0.345. The third-order valence-corrected chi connectivity index (χ3v) is 5.78. The normalized spacial score (nSPS) is 12.7. The number of hydrogen-bond acceptors (Lipinski definition) is 6. The van der Waals surface area contributed by atoms with E-state index in [9.17, 15) is 8.42 Å². The molecule has 0 saturated carbocycles. The zero-order chi connectivity index (χ0) is 20.1. The van der Waals surface area contributed by atoms with Crippen LogP contribution in [0.15, 0.2) is 57.9 Å². The molecular formula is C21H24N2O4S. The van der Waals surface area contributed by atoms with Crippen molar-refractivity contribution in [3.8, 4) is 5.75 Å². The fraction of sp³-hybridized carbons (Fsp3) is 0.333. The highest BCUT2D eigenvalue weighted by atomic mass is 32.2. The molecule has 3 rings (SSSR count). The lowest BCUT2D eigenvalue weighted by atomic mass is 9.97. The summed E-state index contributed by atoms with van der Waals surface area (Å²) in [7, 11) is -1.90. The number of nitrogens with zero attached hydrogens (tertiary/aromatic N) is 2. The third-order valence-electron chi connectivity index (χ3n) is 4.64. The summed E-state index contributed by atoms with van der Waals surface area (Å²) in [6, 6.07) is 15.2.